The number of benzene rings is 2. The number of para-hydroxylation sites is 1. The van der Waals surface area contributed by atoms with E-state index < -0.39 is 0 Å². The van der Waals surface area contributed by atoms with Crippen molar-refractivity contribution in [2.45, 2.75) is 12.8 Å². The zero-order chi connectivity index (χ0) is 20.5. The Bertz CT molecular complexity index is 1230. The molecule has 8 heteroatoms. The largest absolute Gasteiger partial charge is 0.306 e. The number of rotatable bonds is 4. The summed E-state index contributed by atoms with van der Waals surface area (Å²) in [5.41, 5.74) is 6.61. The molecular formula is C23H24ClN5OS. The van der Waals surface area contributed by atoms with E-state index in [4.69, 9.17) is 4.98 Å². The standard InChI is InChI=1S/C23H23N5OS.ClH/c1-27-13-7-10-17(15-27)22(29)26-24-14-19-21(16-8-3-2-4-9-16)25-23-28(19)18-11-5-6-12-20(18)30-23;/h2-6,8-9,11-12,14,17H,7,10,13,15H2,1H3,(H,26,29);1H. The molecule has 1 unspecified atom stereocenters. The van der Waals surface area contributed by atoms with Crippen molar-refractivity contribution in [1.82, 2.24) is 19.7 Å². The Morgan fingerprint density at radius 1 is 1.19 bits per heavy atom. The van der Waals surface area contributed by atoms with Crippen molar-refractivity contribution in [3.05, 3.63) is 60.3 Å². The Labute approximate surface area is 191 Å². The van der Waals surface area contributed by atoms with E-state index in [0.29, 0.717) is 0 Å². The molecule has 2 aromatic heterocycles. The SMILES string of the molecule is CN1CCCC(C(=O)NN=Cc2c(-c3ccccc3)nc3sc4ccccc4n23)C1.Cl. The molecule has 31 heavy (non-hydrogen) atoms. The van der Waals surface area contributed by atoms with Gasteiger partial charge < -0.3 is 4.90 Å². The fraction of sp³-hybridized carbons (Fsp3) is 0.261. The number of amides is 1. The molecule has 1 saturated heterocycles. The highest BCUT2D eigenvalue weighted by Crippen LogP contribution is 2.32. The van der Waals surface area contributed by atoms with Gasteiger partial charge in [-0.05, 0) is 38.6 Å². The Hall–Kier alpha value is -2.74. The van der Waals surface area contributed by atoms with E-state index in [1.54, 1.807) is 17.6 Å². The molecule has 4 aromatic rings. The number of nitrogens with zero attached hydrogens (tertiary/aromatic N) is 4. The lowest BCUT2D eigenvalue weighted by Crippen LogP contribution is -2.40. The highest BCUT2D eigenvalue weighted by Gasteiger charge is 2.23. The van der Waals surface area contributed by atoms with Gasteiger partial charge in [0.15, 0.2) is 4.96 Å². The summed E-state index contributed by atoms with van der Waals surface area (Å²) in [5.74, 6) is -0.0306. The first-order chi connectivity index (χ1) is 14.7. The van der Waals surface area contributed by atoms with E-state index in [-0.39, 0.29) is 24.2 Å². The summed E-state index contributed by atoms with van der Waals surface area (Å²) in [4.78, 5) is 20.6. The second-order valence-corrected chi connectivity index (χ2v) is 8.74. The lowest BCUT2D eigenvalue weighted by atomic mass is 9.98. The van der Waals surface area contributed by atoms with E-state index in [1.165, 1.54) is 4.70 Å². The molecule has 0 bridgehead atoms. The summed E-state index contributed by atoms with van der Waals surface area (Å²) in [7, 11) is 2.06. The van der Waals surface area contributed by atoms with Crippen LogP contribution in [0.25, 0.3) is 26.4 Å². The van der Waals surface area contributed by atoms with Crippen molar-refractivity contribution in [2.24, 2.45) is 11.0 Å². The van der Waals surface area contributed by atoms with Crippen LogP contribution in [-0.4, -0.2) is 46.5 Å². The van der Waals surface area contributed by atoms with E-state index in [1.807, 2.05) is 42.5 Å². The first-order valence-electron chi connectivity index (χ1n) is 10.2. The minimum absolute atomic E-state index is 0. The van der Waals surface area contributed by atoms with Crippen molar-refractivity contribution in [3.8, 4) is 11.3 Å². The number of piperidine rings is 1. The predicted octanol–water partition coefficient (Wildman–Crippen LogP) is 4.43. The van der Waals surface area contributed by atoms with Crippen molar-refractivity contribution < 1.29 is 4.79 Å². The zero-order valence-electron chi connectivity index (χ0n) is 17.2. The van der Waals surface area contributed by atoms with Gasteiger partial charge in [-0.1, -0.05) is 53.8 Å². The van der Waals surface area contributed by atoms with Crippen LogP contribution in [-0.2, 0) is 4.79 Å². The second-order valence-electron chi connectivity index (χ2n) is 7.74. The third-order valence-electron chi connectivity index (χ3n) is 5.59. The Kier molecular flexibility index (Phi) is 6.36. The molecule has 1 fully saturated rings. The molecule has 1 atom stereocenters. The summed E-state index contributed by atoms with van der Waals surface area (Å²) >= 11 is 1.65. The van der Waals surface area contributed by atoms with E-state index in [0.717, 1.165) is 53.4 Å². The smallest absolute Gasteiger partial charge is 0.244 e. The maximum Gasteiger partial charge on any atom is 0.244 e. The quantitative estimate of drug-likeness (QED) is 0.367. The van der Waals surface area contributed by atoms with Crippen LogP contribution in [0.2, 0.25) is 0 Å². The summed E-state index contributed by atoms with van der Waals surface area (Å²) < 4.78 is 3.29. The van der Waals surface area contributed by atoms with E-state index >= 15 is 0 Å². The molecule has 1 amide bonds. The second kappa shape index (κ2) is 9.18. The number of hydrogen-bond acceptors (Lipinski definition) is 5. The van der Waals surface area contributed by atoms with Gasteiger partial charge in [-0.3, -0.25) is 9.20 Å². The van der Waals surface area contributed by atoms with Crippen LogP contribution < -0.4 is 5.43 Å². The summed E-state index contributed by atoms with van der Waals surface area (Å²) in [5, 5.41) is 4.34. The van der Waals surface area contributed by atoms with Crippen molar-refractivity contribution in [1.29, 1.82) is 0 Å². The van der Waals surface area contributed by atoms with Gasteiger partial charge in [0.2, 0.25) is 5.91 Å². The number of carbonyl (C=O) groups is 1. The molecule has 1 aliphatic rings. The van der Waals surface area contributed by atoms with Crippen molar-refractivity contribution in [2.75, 3.05) is 20.1 Å². The Balaban J connectivity index is 0.00000231. The van der Waals surface area contributed by atoms with Crippen molar-refractivity contribution in [3.63, 3.8) is 0 Å². The number of nitrogens with one attached hydrogen (secondary N) is 1. The number of carbonyl (C=O) groups excluding carboxylic acids is 1. The lowest BCUT2D eigenvalue weighted by Gasteiger charge is -2.28. The van der Waals surface area contributed by atoms with Crippen LogP contribution in [0.3, 0.4) is 0 Å². The van der Waals surface area contributed by atoms with Gasteiger partial charge in [0.05, 0.1) is 33.7 Å². The molecule has 3 heterocycles. The van der Waals surface area contributed by atoms with Gasteiger partial charge in [-0.15, -0.1) is 12.4 Å². The Morgan fingerprint density at radius 3 is 2.77 bits per heavy atom. The minimum atomic E-state index is -0.0185. The van der Waals surface area contributed by atoms with Crippen LogP contribution >= 0.6 is 23.7 Å². The zero-order valence-corrected chi connectivity index (χ0v) is 18.8. The molecule has 5 rings (SSSR count). The van der Waals surface area contributed by atoms with Crippen LogP contribution in [0.1, 0.15) is 18.5 Å². The number of hydrogen-bond donors (Lipinski definition) is 1. The number of halogens is 1. The number of imidazole rings is 1. The molecule has 6 nitrogen and oxygen atoms in total. The maximum atomic E-state index is 12.6. The number of likely N-dealkylation sites (tertiary alicyclic amines) is 1. The maximum absolute atomic E-state index is 12.6. The lowest BCUT2D eigenvalue weighted by molar-refractivity contribution is -0.126. The molecule has 0 spiro atoms. The minimum Gasteiger partial charge on any atom is -0.306 e. The number of thiazole rings is 1. The van der Waals surface area contributed by atoms with E-state index in [2.05, 4.69) is 39.0 Å². The van der Waals surface area contributed by atoms with Gasteiger partial charge in [0, 0.05) is 12.1 Å². The van der Waals surface area contributed by atoms with Crippen LogP contribution in [0.15, 0.2) is 59.7 Å². The normalized spacial score (nSPS) is 17.3. The predicted molar refractivity (Wildman–Crippen MR) is 129 cm³/mol. The summed E-state index contributed by atoms with van der Waals surface area (Å²) in [6.07, 6.45) is 3.68. The molecule has 0 saturated carbocycles. The number of aromatic nitrogens is 2. The van der Waals surface area contributed by atoms with Gasteiger partial charge in [0.1, 0.15) is 0 Å². The molecular weight excluding hydrogens is 430 g/mol. The number of hydrazone groups is 1. The Morgan fingerprint density at radius 2 is 1.97 bits per heavy atom. The van der Waals surface area contributed by atoms with E-state index in [9.17, 15) is 4.79 Å². The molecule has 1 aliphatic heterocycles. The average Bonchev–Trinajstić information content (AvgIpc) is 3.31. The fourth-order valence-electron chi connectivity index (χ4n) is 4.10. The summed E-state index contributed by atoms with van der Waals surface area (Å²) in [6.45, 7) is 1.83. The molecule has 1 N–H and O–H groups in total. The molecule has 0 aliphatic carbocycles. The average molecular weight is 454 g/mol. The molecule has 0 radical (unpaired) electrons. The highest BCUT2D eigenvalue weighted by molar-refractivity contribution is 7.23. The van der Waals surface area contributed by atoms with Gasteiger partial charge in [-0.25, -0.2) is 10.4 Å². The van der Waals surface area contributed by atoms with Crippen LogP contribution in [0.5, 0.6) is 0 Å². The van der Waals surface area contributed by atoms with Gasteiger partial charge >= 0.3 is 0 Å². The number of fused-ring (bicyclic) bond motifs is 3. The first-order valence-corrected chi connectivity index (χ1v) is 11.0. The molecule has 160 valence electrons. The third kappa shape index (κ3) is 4.21. The van der Waals surface area contributed by atoms with Crippen molar-refractivity contribution >= 4 is 51.0 Å². The van der Waals surface area contributed by atoms with Crippen LogP contribution in [0, 0.1) is 5.92 Å². The highest BCUT2D eigenvalue weighted by atomic mass is 35.5. The summed E-state index contributed by atoms with van der Waals surface area (Å²) in [6, 6.07) is 18.3. The monoisotopic (exact) mass is 453 g/mol. The first kappa shape index (κ1) is 21.5. The fourth-order valence-corrected chi connectivity index (χ4v) is 5.13. The van der Waals surface area contributed by atoms with Crippen LogP contribution in [0.4, 0.5) is 0 Å². The third-order valence-corrected chi connectivity index (χ3v) is 6.62. The topological polar surface area (TPSA) is 62.0 Å². The van der Waals surface area contributed by atoms with Gasteiger partial charge in [0.25, 0.3) is 0 Å². The molecule has 2 aromatic carbocycles. The van der Waals surface area contributed by atoms with Gasteiger partial charge in [-0.2, -0.15) is 5.10 Å².